The minimum Gasteiger partial charge on any atom is -0.493 e. The maximum absolute atomic E-state index is 12.3. The van der Waals surface area contributed by atoms with Gasteiger partial charge in [-0.1, -0.05) is 0 Å². The van der Waals surface area contributed by atoms with Crippen molar-refractivity contribution in [2.24, 2.45) is 5.92 Å². The van der Waals surface area contributed by atoms with Gasteiger partial charge in [-0.05, 0) is 62.3 Å². The van der Waals surface area contributed by atoms with Crippen molar-refractivity contribution in [2.45, 2.75) is 44.2 Å². The van der Waals surface area contributed by atoms with Crippen LogP contribution in [0.1, 0.15) is 37.7 Å². The lowest BCUT2D eigenvalue weighted by molar-refractivity contribution is -0.130. The Balaban J connectivity index is 1.38. The molecule has 1 saturated carbocycles. The number of carbonyl (C=O) groups is 1. The number of amides is 1. The normalized spacial score (nSPS) is 24.8. The number of hydrogen-bond acceptors (Lipinski definition) is 5. The van der Waals surface area contributed by atoms with Gasteiger partial charge in [0.15, 0.2) is 0 Å². The van der Waals surface area contributed by atoms with Gasteiger partial charge >= 0.3 is 0 Å². The first kappa shape index (κ1) is 18.2. The van der Waals surface area contributed by atoms with Crippen LogP contribution in [0.15, 0.2) is 24.3 Å². The Hall–Kier alpha value is -2.57. The van der Waals surface area contributed by atoms with Crippen molar-refractivity contribution < 1.29 is 9.53 Å². The standard InChI is InChI=1S/C20H24N4O2/c21-11-15-4-7-19(8-5-15)26-14-16-3-6-17(10-16)23-13-20(25)24-9-1-2-18(24)12-22/h4-5,7-8,16-18,23H,1-3,6,9-10,13-14H2/t16-,17+,18-/m0/s1. The third kappa shape index (κ3) is 4.53. The summed E-state index contributed by atoms with van der Waals surface area (Å²) in [6, 6.07) is 11.5. The molecule has 1 aromatic carbocycles. The van der Waals surface area contributed by atoms with Gasteiger partial charge in [0, 0.05) is 12.6 Å². The Kier molecular flexibility index (Phi) is 6.09. The molecule has 1 aliphatic heterocycles. The minimum absolute atomic E-state index is 0.0336. The summed E-state index contributed by atoms with van der Waals surface area (Å²) in [6.07, 6.45) is 4.82. The number of ether oxygens (including phenoxy) is 1. The molecule has 136 valence electrons. The van der Waals surface area contributed by atoms with E-state index in [1.54, 1.807) is 17.0 Å². The lowest BCUT2D eigenvalue weighted by Gasteiger charge is -2.21. The summed E-state index contributed by atoms with van der Waals surface area (Å²) in [4.78, 5) is 14.0. The second-order valence-electron chi connectivity index (χ2n) is 7.08. The maximum atomic E-state index is 12.3. The molecule has 2 fully saturated rings. The van der Waals surface area contributed by atoms with Crippen LogP contribution >= 0.6 is 0 Å². The molecule has 2 aliphatic rings. The van der Waals surface area contributed by atoms with E-state index in [9.17, 15) is 4.79 Å². The van der Waals surface area contributed by atoms with Crippen molar-refractivity contribution in [1.82, 2.24) is 10.2 Å². The van der Waals surface area contributed by atoms with Gasteiger partial charge in [-0.3, -0.25) is 4.79 Å². The van der Waals surface area contributed by atoms with Gasteiger partial charge in [-0.15, -0.1) is 0 Å². The van der Waals surface area contributed by atoms with E-state index in [1.165, 1.54) is 0 Å². The summed E-state index contributed by atoms with van der Waals surface area (Å²) in [6.45, 7) is 1.66. The molecule has 1 N–H and O–H groups in total. The number of nitriles is 2. The predicted molar refractivity (Wildman–Crippen MR) is 96.1 cm³/mol. The molecule has 0 spiro atoms. The molecule has 0 unspecified atom stereocenters. The summed E-state index contributed by atoms with van der Waals surface area (Å²) in [5.74, 6) is 1.29. The number of nitrogens with one attached hydrogen (secondary N) is 1. The minimum atomic E-state index is -0.249. The van der Waals surface area contributed by atoms with Crippen LogP contribution in [0.2, 0.25) is 0 Å². The first-order valence-corrected chi connectivity index (χ1v) is 9.25. The summed E-state index contributed by atoms with van der Waals surface area (Å²) in [5, 5.41) is 21.2. The molecule has 0 aromatic heterocycles. The highest BCUT2D eigenvalue weighted by Crippen LogP contribution is 2.26. The molecule has 0 radical (unpaired) electrons. The molecule has 3 atom stereocenters. The monoisotopic (exact) mass is 352 g/mol. The van der Waals surface area contributed by atoms with Gasteiger partial charge in [0.25, 0.3) is 0 Å². The first-order valence-electron chi connectivity index (χ1n) is 9.25. The molecule has 1 aliphatic carbocycles. The average molecular weight is 352 g/mol. The highest BCUT2D eigenvalue weighted by molar-refractivity contribution is 5.79. The maximum Gasteiger partial charge on any atom is 0.237 e. The summed E-state index contributed by atoms with van der Waals surface area (Å²) in [7, 11) is 0. The fraction of sp³-hybridized carbons (Fsp3) is 0.550. The van der Waals surface area contributed by atoms with E-state index in [0.717, 1.165) is 37.9 Å². The van der Waals surface area contributed by atoms with Gasteiger partial charge < -0.3 is 15.0 Å². The van der Waals surface area contributed by atoms with Gasteiger partial charge in [-0.25, -0.2) is 0 Å². The molecule has 6 nitrogen and oxygen atoms in total. The summed E-state index contributed by atoms with van der Waals surface area (Å²) < 4.78 is 5.82. The number of rotatable bonds is 6. The van der Waals surface area contributed by atoms with Gasteiger partial charge in [0.05, 0.1) is 30.9 Å². The third-order valence-electron chi connectivity index (χ3n) is 5.27. The van der Waals surface area contributed by atoms with E-state index >= 15 is 0 Å². The van der Waals surface area contributed by atoms with Crippen LogP contribution in [0, 0.1) is 28.6 Å². The third-order valence-corrected chi connectivity index (χ3v) is 5.27. The molecule has 1 saturated heterocycles. The number of hydrogen-bond donors (Lipinski definition) is 1. The van der Waals surface area contributed by atoms with E-state index in [1.807, 2.05) is 12.1 Å². The zero-order chi connectivity index (χ0) is 18.4. The Morgan fingerprint density at radius 1 is 1.23 bits per heavy atom. The SMILES string of the molecule is N#Cc1ccc(OC[C@H]2CC[C@@H](NCC(=O)N3CCC[C@H]3C#N)C2)cc1. The highest BCUT2D eigenvalue weighted by Gasteiger charge is 2.30. The summed E-state index contributed by atoms with van der Waals surface area (Å²) >= 11 is 0. The number of likely N-dealkylation sites (tertiary alicyclic amines) is 1. The van der Waals surface area contributed by atoms with Crippen LogP contribution in [0.25, 0.3) is 0 Å². The van der Waals surface area contributed by atoms with E-state index in [-0.39, 0.29) is 11.9 Å². The van der Waals surface area contributed by atoms with Crippen LogP contribution < -0.4 is 10.1 Å². The molecule has 6 heteroatoms. The van der Waals surface area contributed by atoms with Crippen LogP contribution in [0.4, 0.5) is 0 Å². The quantitative estimate of drug-likeness (QED) is 0.848. The Labute approximate surface area is 154 Å². The molecule has 1 heterocycles. The van der Waals surface area contributed by atoms with Crippen molar-refractivity contribution >= 4 is 5.91 Å². The number of benzene rings is 1. The molecule has 1 aromatic rings. The zero-order valence-electron chi connectivity index (χ0n) is 14.9. The molecule has 0 bridgehead atoms. The van der Waals surface area contributed by atoms with Crippen LogP contribution in [-0.4, -0.2) is 42.6 Å². The van der Waals surface area contributed by atoms with E-state index in [4.69, 9.17) is 15.3 Å². The topological polar surface area (TPSA) is 89.2 Å². The molecular formula is C20H24N4O2. The van der Waals surface area contributed by atoms with Crippen LogP contribution in [0.3, 0.4) is 0 Å². The van der Waals surface area contributed by atoms with Crippen molar-refractivity contribution in [2.75, 3.05) is 19.7 Å². The molecule has 26 heavy (non-hydrogen) atoms. The van der Waals surface area contributed by atoms with Gasteiger partial charge in [0.2, 0.25) is 5.91 Å². The summed E-state index contributed by atoms with van der Waals surface area (Å²) in [5.41, 5.74) is 0.629. The smallest absolute Gasteiger partial charge is 0.237 e. The van der Waals surface area contributed by atoms with Crippen molar-refractivity contribution in [3.63, 3.8) is 0 Å². The van der Waals surface area contributed by atoms with Crippen molar-refractivity contribution in [3.8, 4) is 17.9 Å². The van der Waals surface area contributed by atoms with Gasteiger partial charge in [0.1, 0.15) is 11.8 Å². The van der Waals surface area contributed by atoms with E-state index in [0.29, 0.717) is 37.2 Å². The lowest BCUT2D eigenvalue weighted by atomic mass is 10.1. The zero-order valence-corrected chi connectivity index (χ0v) is 14.9. The molecule has 1 amide bonds. The fourth-order valence-corrected chi connectivity index (χ4v) is 3.78. The fourth-order valence-electron chi connectivity index (χ4n) is 3.78. The van der Waals surface area contributed by atoms with Crippen molar-refractivity contribution in [3.05, 3.63) is 29.8 Å². The molecule has 3 rings (SSSR count). The van der Waals surface area contributed by atoms with Crippen LogP contribution in [0.5, 0.6) is 5.75 Å². The average Bonchev–Trinajstić information content (AvgIpc) is 3.34. The molecular weight excluding hydrogens is 328 g/mol. The lowest BCUT2D eigenvalue weighted by Crippen LogP contribution is -2.42. The Morgan fingerprint density at radius 3 is 2.77 bits per heavy atom. The first-order chi connectivity index (χ1) is 12.7. The number of carbonyl (C=O) groups excluding carboxylic acids is 1. The second kappa shape index (κ2) is 8.69. The predicted octanol–water partition coefficient (Wildman–Crippen LogP) is 2.21. The van der Waals surface area contributed by atoms with Crippen molar-refractivity contribution in [1.29, 1.82) is 10.5 Å². The number of nitrogens with zero attached hydrogens (tertiary/aromatic N) is 3. The van der Waals surface area contributed by atoms with E-state index in [2.05, 4.69) is 17.5 Å². The largest absolute Gasteiger partial charge is 0.493 e. The van der Waals surface area contributed by atoms with Crippen LogP contribution in [-0.2, 0) is 4.79 Å². The Morgan fingerprint density at radius 2 is 2.04 bits per heavy atom. The van der Waals surface area contributed by atoms with Gasteiger partial charge in [-0.2, -0.15) is 10.5 Å². The highest BCUT2D eigenvalue weighted by atomic mass is 16.5. The second-order valence-corrected chi connectivity index (χ2v) is 7.08. The van der Waals surface area contributed by atoms with E-state index < -0.39 is 0 Å². The Bertz CT molecular complexity index is 704.